The van der Waals surface area contributed by atoms with Crippen LogP contribution in [0.3, 0.4) is 0 Å². The van der Waals surface area contributed by atoms with Crippen LogP contribution >= 0.6 is 11.3 Å². The number of hydrogen-bond donors (Lipinski definition) is 2. The highest BCUT2D eigenvalue weighted by molar-refractivity contribution is 7.13. The molecular weight excluding hydrogens is 332 g/mol. The SMILES string of the molecule is Cc1cc(O)c(C(C)C)cc1-c1cc(-c2cccs2)c(C#N)c(=O)[nH]1. The lowest BCUT2D eigenvalue weighted by Gasteiger charge is -2.14. The van der Waals surface area contributed by atoms with Crippen molar-refractivity contribution in [2.24, 2.45) is 0 Å². The monoisotopic (exact) mass is 350 g/mol. The van der Waals surface area contributed by atoms with Gasteiger partial charge < -0.3 is 10.1 Å². The second-order valence-corrected chi connectivity index (χ2v) is 7.22. The summed E-state index contributed by atoms with van der Waals surface area (Å²) < 4.78 is 0. The summed E-state index contributed by atoms with van der Waals surface area (Å²) in [6.07, 6.45) is 0. The van der Waals surface area contributed by atoms with Gasteiger partial charge in [0.15, 0.2) is 0 Å². The molecule has 0 radical (unpaired) electrons. The summed E-state index contributed by atoms with van der Waals surface area (Å²) >= 11 is 1.49. The number of aryl methyl sites for hydroxylation is 1. The number of nitrogens with one attached hydrogen (secondary N) is 1. The molecule has 1 aromatic carbocycles. The molecule has 0 saturated carbocycles. The predicted molar refractivity (Wildman–Crippen MR) is 101 cm³/mol. The highest BCUT2D eigenvalue weighted by Crippen LogP contribution is 2.35. The van der Waals surface area contributed by atoms with Gasteiger partial charge in [-0.3, -0.25) is 4.79 Å². The summed E-state index contributed by atoms with van der Waals surface area (Å²) in [6.45, 7) is 5.90. The smallest absolute Gasteiger partial charge is 0.267 e. The molecule has 0 aliphatic carbocycles. The zero-order valence-electron chi connectivity index (χ0n) is 14.3. The van der Waals surface area contributed by atoms with Crippen molar-refractivity contribution in [1.82, 2.24) is 4.98 Å². The number of thiophene rings is 1. The van der Waals surface area contributed by atoms with Crippen LogP contribution in [0, 0.1) is 18.3 Å². The first kappa shape index (κ1) is 17.0. The van der Waals surface area contributed by atoms with Crippen LogP contribution in [0.1, 0.15) is 36.5 Å². The molecule has 0 spiro atoms. The molecule has 126 valence electrons. The third-order valence-electron chi connectivity index (χ3n) is 4.22. The van der Waals surface area contributed by atoms with E-state index in [0.29, 0.717) is 11.3 Å². The largest absolute Gasteiger partial charge is 0.508 e. The average Bonchev–Trinajstić information content (AvgIpc) is 3.08. The number of aromatic amines is 1. The number of phenols is 1. The number of hydrogen-bond acceptors (Lipinski definition) is 4. The quantitative estimate of drug-likeness (QED) is 0.713. The van der Waals surface area contributed by atoms with Crippen molar-refractivity contribution in [2.45, 2.75) is 26.7 Å². The number of phenolic OH excluding ortho intramolecular Hbond substituents is 1. The molecule has 0 aliphatic heterocycles. The van der Waals surface area contributed by atoms with Gasteiger partial charge in [-0.25, -0.2) is 0 Å². The average molecular weight is 350 g/mol. The van der Waals surface area contributed by atoms with Gasteiger partial charge in [-0.1, -0.05) is 19.9 Å². The first-order chi connectivity index (χ1) is 11.9. The summed E-state index contributed by atoms with van der Waals surface area (Å²) in [6, 6.07) is 11.3. The number of pyridine rings is 1. The van der Waals surface area contributed by atoms with E-state index in [1.165, 1.54) is 11.3 Å². The molecule has 3 rings (SSSR count). The topological polar surface area (TPSA) is 76.9 Å². The lowest BCUT2D eigenvalue weighted by Crippen LogP contribution is -2.12. The molecule has 0 fully saturated rings. The summed E-state index contributed by atoms with van der Waals surface area (Å²) in [5.41, 5.74) is 3.53. The minimum absolute atomic E-state index is 0.117. The minimum Gasteiger partial charge on any atom is -0.508 e. The van der Waals surface area contributed by atoms with Crippen molar-refractivity contribution in [1.29, 1.82) is 5.26 Å². The van der Waals surface area contributed by atoms with Crippen molar-refractivity contribution < 1.29 is 5.11 Å². The van der Waals surface area contributed by atoms with Gasteiger partial charge in [-0.05, 0) is 53.6 Å². The number of nitriles is 1. The van der Waals surface area contributed by atoms with Crippen LogP contribution in [0.5, 0.6) is 5.75 Å². The predicted octanol–water partition coefficient (Wildman–Crippen LogP) is 4.78. The van der Waals surface area contributed by atoms with E-state index in [9.17, 15) is 15.2 Å². The fourth-order valence-corrected chi connectivity index (χ4v) is 3.65. The Bertz CT molecular complexity index is 1030. The number of rotatable bonds is 3. The molecule has 3 aromatic rings. The van der Waals surface area contributed by atoms with E-state index in [1.807, 2.05) is 56.5 Å². The molecule has 2 aromatic heterocycles. The molecule has 25 heavy (non-hydrogen) atoms. The minimum atomic E-state index is -0.401. The van der Waals surface area contributed by atoms with Gasteiger partial charge in [0.05, 0.1) is 0 Å². The Morgan fingerprint density at radius 1 is 1.24 bits per heavy atom. The first-order valence-electron chi connectivity index (χ1n) is 7.97. The maximum Gasteiger partial charge on any atom is 0.267 e. The summed E-state index contributed by atoms with van der Waals surface area (Å²) in [4.78, 5) is 16.1. The molecule has 5 heteroatoms. The zero-order valence-corrected chi connectivity index (χ0v) is 15.1. The summed E-state index contributed by atoms with van der Waals surface area (Å²) in [5, 5.41) is 21.4. The van der Waals surface area contributed by atoms with E-state index in [0.717, 1.165) is 21.6 Å². The van der Waals surface area contributed by atoms with Gasteiger partial charge in [-0.2, -0.15) is 5.26 Å². The fourth-order valence-electron chi connectivity index (χ4n) is 2.90. The van der Waals surface area contributed by atoms with Crippen molar-refractivity contribution in [3.63, 3.8) is 0 Å². The van der Waals surface area contributed by atoms with E-state index in [4.69, 9.17) is 0 Å². The van der Waals surface area contributed by atoms with Crippen LogP contribution in [-0.2, 0) is 0 Å². The van der Waals surface area contributed by atoms with Crippen LogP contribution < -0.4 is 5.56 Å². The number of benzene rings is 1. The standard InChI is InChI=1S/C20H18N2O2S/c1-11(2)13-8-14(12(3)7-18(13)23)17-9-15(19-5-4-6-25-19)16(10-21)20(24)22-17/h4-9,11,23H,1-3H3,(H,22,24). The van der Waals surface area contributed by atoms with Crippen molar-refractivity contribution in [3.8, 4) is 33.5 Å². The molecular formula is C20H18N2O2S. The van der Waals surface area contributed by atoms with Crippen molar-refractivity contribution in [3.05, 3.63) is 62.8 Å². The fraction of sp³-hybridized carbons (Fsp3) is 0.200. The van der Waals surface area contributed by atoms with Crippen LogP contribution in [0.15, 0.2) is 40.5 Å². The molecule has 0 saturated heterocycles. The number of H-pyrrole nitrogens is 1. The number of aromatic hydroxyl groups is 1. The van der Waals surface area contributed by atoms with Crippen LogP contribution in [0.4, 0.5) is 0 Å². The van der Waals surface area contributed by atoms with E-state index >= 15 is 0 Å². The maximum absolute atomic E-state index is 12.4. The van der Waals surface area contributed by atoms with Gasteiger partial charge >= 0.3 is 0 Å². The Hall–Kier alpha value is -2.84. The number of aromatic nitrogens is 1. The molecule has 2 heterocycles. The highest BCUT2D eigenvalue weighted by atomic mass is 32.1. The second kappa shape index (κ2) is 6.58. The van der Waals surface area contributed by atoms with Gasteiger partial charge in [0.1, 0.15) is 17.4 Å². The lowest BCUT2D eigenvalue weighted by atomic mass is 9.94. The lowest BCUT2D eigenvalue weighted by molar-refractivity contribution is 0.464. The number of nitrogens with zero attached hydrogens (tertiary/aromatic N) is 1. The van der Waals surface area contributed by atoms with Crippen molar-refractivity contribution in [2.75, 3.05) is 0 Å². The maximum atomic E-state index is 12.4. The normalized spacial score (nSPS) is 10.8. The first-order valence-corrected chi connectivity index (χ1v) is 8.85. The van der Waals surface area contributed by atoms with E-state index in [2.05, 4.69) is 4.98 Å². The van der Waals surface area contributed by atoms with Crippen LogP contribution in [0.25, 0.3) is 21.7 Å². The molecule has 2 N–H and O–H groups in total. The molecule has 0 bridgehead atoms. The zero-order chi connectivity index (χ0) is 18.1. The molecule has 0 amide bonds. The molecule has 0 aliphatic rings. The van der Waals surface area contributed by atoms with E-state index in [-0.39, 0.29) is 17.2 Å². The van der Waals surface area contributed by atoms with Gasteiger partial charge in [-0.15, -0.1) is 11.3 Å². The van der Waals surface area contributed by atoms with Crippen LogP contribution in [-0.4, -0.2) is 10.1 Å². The van der Waals surface area contributed by atoms with Gasteiger partial charge in [0.25, 0.3) is 5.56 Å². The van der Waals surface area contributed by atoms with Crippen LogP contribution in [0.2, 0.25) is 0 Å². The Labute approximate surface area is 150 Å². The Morgan fingerprint density at radius 3 is 2.60 bits per heavy atom. The molecule has 0 unspecified atom stereocenters. The molecule has 4 nitrogen and oxygen atoms in total. The van der Waals surface area contributed by atoms with E-state index in [1.54, 1.807) is 6.07 Å². The van der Waals surface area contributed by atoms with E-state index < -0.39 is 5.56 Å². The third-order valence-corrected chi connectivity index (χ3v) is 5.12. The third kappa shape index (κ3) is 3.09. The van der Waals surface area contributed by atoms with Gasteiger partial charge in [0.2, 0.25) is 0 Å². The Morgan fingerprint density at radius 2 is 2.00 bits per heavy atom. The highest BCUT2D eigenvalue weighted by Gasteiger charge is 2.16. The Balaban J connectivity index is 2.28. The van der Waals surface area contributed by atoms with Gasteiger partial charge in [0, 0.05) is 21.7 Å². The second-order valence-electron chi connectivity index (χ2n) is 6.27. The molecule has 0 atom stereocenters. The summed E-state index contributed by atoms with van der Waals surface area (Å²) in [7, 11) is 0. The van der Waals surface area contributed by atoms with Crippen molar-refractivity contribution >= 4 is 11.3 Å². The summed E-state index contributed by atoms with van der Waals surface area (Å²) in [5.74, 6) is 0.409. The Kier molecular flexibility index (Phi) is 4.47.